The Bertz CT molecular complexity index is 862. The number of carbonyl (C=O) groups excluding carboxylic acids is 4. The molecule has 1 rings (SSSR count). The van der Waals surface area contributed by atoms with Gasteiger partial charge in [-0.1, -0.05) is 0 Å². The normalized spacial score (nSPS) is 11.6. The van der Waals surface area contributed by atoms with E-state index in [0.29, 0.717) is 0 Å². The zero-order chi connectivity index (χ0) is 23.8. The molecule has 0 unspecified atom stereocenters. The lowest BCUT2D eigenvalue weighted by Crippen LogP contribution is -2.42. The predicted octanol–water partition coefficient (Wildman–Crippen LogP) is 2.17. The summed E-state index contributed by atoms with van der Waals surface area (Å²) >= 11 is 0. The molecule has 0 aliphatic carbocycles. The van der Waals surface area contributed by atoms with Crippen LogP contribution in [0.15, 0.2) is 18.2 Å². The van der Waals surface area contributed by atoms with E-state index < -0.39 is 46.2 Å². The highest BCUT2D eigenvalue weighted by Gasteiger charge is 2.28. The van der Waals surface area contributed by atoms with Crippen LogP contribution < -0.4 is 10.6 Å². The minimum atomic E-state index is -1.23. The first-order chi connectivity index (χ1) is 14.4. The molecular weight excluding hydrogens is 414 g/mol. The first kappa shape index (κ1) is 25.3. The van der Waals surface area contributed by atoms with Gasteiger partial charge in [0.15, 0.2) is 0 Å². The highest BCUT2D eigenvalue weighted by atomic mass is 16.6. The van der Waals surface area contributed by atoms with Gasteiger partial charge in [-0.05, 0) is 39.3 Å². The molecule has 1 atom stereocenters. The fourth-order valence-electron chi connectivity index (χ4n) is 2.37. The van der Waals surface area contributed by atoms with Crippen LogP contribution in [0.4, 0.5) is 16.2 Å². The number of nitrogens with zero attached hydrogens (tertiary/aromatic N) is 1. The molecule has 0 spiro atoms. The van der Waals surface area contributed by atoms with E-state index in [0.717, 1.165) is 19.2 Å². The Morgan fingerprint density at radius 2 is 1.77 bits per heavy atom. The molecule has 0 saturated heterocycles. The second-order valence-corrected chi connectivity index (χ2v) is 7.28. The molecule has 1 aromatic rings. The standard InChI is InChI=1S/C19H25N3O9/c1-19(2,3)31-18(26)20-11-6-7-12(14(10-11)22(27)28)16(24)21-13(17(25)30-5)8-9-15(23)29-4/h6-7,10,13H,8-9H2,1-5H3,(H,20,26)(H,21,24)/t13-/m0/s1. The van der Waals surface area contributed by atoms with Gasteiger partial charge in [0, 0.05) is 12.5 Å². The fourth-order valence-corrected chi connectivity index (χ4v) is 2.37. The van der Waals surface area contributed by atoms with Crippen LogP contribution in [0.3, 0.4) is 0 Å². The average Bonchev–Trinajstić information content (AvgIpc) is 2.68. The number of nitrogens with one attached hydrogen (secondary N) is 2. The Balaban J connectivity index is 3.06. The largest absolute Gasteiger partial charge is 0.469 e. The first-order valence-corrected chi connectivity index (χ1v) is 9.12. The summed E-state index contributed by atoms with van der Waals surface area (Å²) in [5.41, 5.74) is -1.70. The predicted molar refractivity (Wildman–Crippen MR) is 107 cm³/mol. The molecule has 170 valence electrons. The van der Waals surface area contributed by atoms with Crippen LogP contribution in [-0.4, -0.2) is 54.7 Å². The van der Waals surface area contributed by atoms with Gasteiger partial charge in [0.05, 0.1) is 24.8 Å². The van der Waals surface area contributed by atoms with Gasteiger partial charge in [-0.3, -0.25) is 25.0 Å². The molecule has 2 amide bonds. The molecule has 0 radical (unpaired) electrons. The van der Waals surface area contributed by atoms with Crippen LogP contribution in [0.25, 0.3) is 0 Å². The van der Waals surface area contributed by atoms with E-state index >= 15 is 0 Å². The highest BCUT2D eigenvalue weighted by Crippen LogP contribution is 2.24. The molecule has 0 heterocycles. The van der Waals surface area contributed by atoms with Crippen LogP contribution in [0.1, 0.15) is 44.0 Å². The monoisotopic (exact) mass is 439 g/mol. The van der Waals surface area contributed by atoms with Crippen LogP contribution in [0.2, 0.25) is 0 Å². The third-order valence-corrected chi connectivity index (χ3v) is 3.74. The SMILES string of the molecule is COC(=O)CC[C@H](NC(=O)c1ccc(NC(=O)OC(C)(C)C)cc1[N+](=O)[O-])C(=O)OC. The zero-order valence-electron chi connectivity index (χ0n) is 17.8. The van der Waals surface area contributed by atoms with Crippen molar-refractivity contribution >= 4 is 35.3 Å². The van der Waals surface area contributed by atoms with Crippen LogP contribution in [-0.2, 0) is 23.8 Å². The summed E-state index contributed by atoms with van der Waals surface area (Å²) in [4.78, 5) is 58.3. The Labute approximate surface area is 178 Å². The van der Waals surface area contributed by atoms with Crippen molar-refractivity contribution in [3.05, 3.63) is 33.9 Å². The summed E-state index contributed by atoms with van der Waals surface area (Å²) in [6.07, 6.45) is -1.14. The number of anilines is 1. The van der Waals surface area contributed by atoms with Crippen LogP contribution in [0, 0.1) is 10.1 Å². The Morgan fingerprint density at radius 3 is 2.29 bits per heavy atom. The summed E-state index contributed by atoms with van der Waals surface area (Å²) < 4.78 is 14.2. The maximum absolute atomic E-state index is 12.6. The Hall–Kier alpha value is -3.70. The smallest absolute Gasteiger partial charge is 0.412 e. The molecular formula is C19H25N3O9. The molecule has 0 saturated carbocycles. The van der Waals surface area contributed by atoms with Crippen LogP contribution in [0.5, 0.6) is 0 Å². The highest BCUT2D eigenvalue weighted by molar-refractivity contribution is 6.01. The number of esters is 2. The van der Waals surface area contributed by atoms with Gasteiger partial charge in [-0.2, -0.15) is 0 Å². The lowest BCUT2D eigenvalue weighted by molar-refractivity contribution is -0.385. The summed E-state index contributed by atoms with van der Waals surface area (Å²) in [5, 5.41) is 16.1. The molecule has 0 fully saturated rings. The number of nitro benzene ring substituents is 1. The molecule has 12 nitrogen and oxygen atoms in total. The summed E-state index contributed by atoms with van der Waals surface area (Å²) in [6.45, 7) is 4.96. The maximum Gasteiger partial charge on any atom is 0.412 e. The zero-order valence-corrected chi connectivity index (χ0v) is 17.8. The minimum Gasteiger partial charge on any atom is -0.469 e. The Morgan fingerprint density at radius 1 is 1.13 bits per heavy atom. The number of amides is 2. The topological polar surface area (TPSA) is 163 Å². The number of hydrogen-bond acceptors (Lipinski definition) is 9. The van der Waals surface area contributed by atoms with E-state index in [-0.39, 0.29) is 24.1 Å². The summed E-state index contributed by atoms with van der Waals surface area (Å²) in [7, 11) is 2.27. The van der Waals surface area contributed by atoms with Crippen molar-refractivity contribution in [2.75, 3.05) is 19.5 Å². The molecule has 0 bridgehead atoms. The van der Waals surface area contributed by atoms with E-state index in [1.165, 1.54) is 13.2 Å². The maximum atomic E-state index is 12.6. The van der Waals surface area contributed by atoms with E-state index in [1.54, 1.807) is 20.8 Å². The number of benzene rings is 1. The summed E-state index contributed by atoms with van der Waals surface area (Å²) in [5.74, 6) is -2.37. The molecule has 0 aliphatic rings. The third kappa shape index (κ3) is 8.28. The number of rotatable bonds is 8. The van der Waals surface area contributed by atoms with E-state index in [2.05, 4.69) is 20.1 Å². The lowest BCUT2D eigenvalue weighted by atomic mass is 10.1. The first-order valence-electron chi connectivity index (χ1n) is 9.12. The van der Waals surface area contributed by atoms with Gasteiger partial charge in [-0.15, -0.1) is 0 Å². The molecule has 2 N–H and O–H groups in total. The second-order valence-electron chi connectivity index (χ2n) is 7.28. The van der Waals surface area contributed by atoms with E-state index in [4.69, 9.17) is 4.74 Å². The Kier molecular flexibility index (Phi) is 8.91. The number of hydrogen-bond donors (Lipinski definition) is 2. The minimum absolute atomic E-state index is 0.0349. The van der Waals surface area contributed by atoms with Crippen molar-refractivity contribution in [2.24, 2.45) is 0 Å². The van der Waals surface area contributed by atoms with Crippen molar-refractivity contribution < 1.29 is 38.3 Å². The summed E-state index contributed by atoms with van der Waals surface area (Å²) in [6, 6.07) is 2.15. The van der Waals surface area contributed by atoms with Crippen molar-refractivity contribution in [1.82, 2.24) is 5.32 Å². The van der Waals surface area contributed by atoms with Gasteiger partial charge in [0.1, 0.15) is 17.2 Å². The van der Waals surface area contributed by atoms with Gasteiger partial charge < -0.3 is 19.5 Å². The second kappa shape index (κ2) is 10.9. The van der Waals surface area contributed by atoms with Crippen molar-refractivity contribution in [3.8, 4) is 0 Å². The molecule has 0 aliphatic heterocycles. The van der Waals surface area contributed by atoms with Crippen molar-refractivity contribution in [1.29, 1.82) is 0 Å². The van der Waals surface area contributed by atoms with Gasteiger partial charge in [0.2, 0.25) is 0 Å². The van der Waals surface area contributed by atoms with Gasteiger partial charge >= 0.3 is 18.0 Å². The lowest BCUT2D eigenvalue weighted by Gasteiger charge is -2.19. The third-order valence-electron chi connectivity index (χ3n) is 3.74. The van der Waals surface area contributed by atoms with Gasteiger partial charge in [0.25, 0.3) is 11.6 Å². The number of methoxy groups -OCH3 is 2. The molecule has 31 heavy (non-hydrogen) atoms. The van der Waals surface area contributed by atoms with E-state index in [1.807, 2.05) is 0 Å². The van der Waals surface area contributed by atoms with Crippen molar-refractivity contribution in [3.63, 3.8) is 0 Å². The number of nitro groups is 1. The van der Waals surface area contributed by atoms with E-state index in [9.17, 15) is 29.3 Å². The quantitative estimate of drug-likeness (QED) is 0.267. The molecule has 1 aromatic carbocycles. The molecule has 12 heteroatoms. The average molecular weight is 439 g/mol. The molecule has 0 aromatic heterocycles. The number of ether oxygens (including phenoxy) is 3. The van der Waals surface area contributed by atoms with Crippen LogP contribution >= 0.6 is 0 Å². The number of carbonyl (C=O) groups is 4. The van der Waals surface area contributed by atoms with Crippen molar-refractivity contribution in [2.45, 2.75) is 45.3 Å². The van der Waals surface area contributed by atoms with Gasteiger partial charge in [-0.25, -0.2) is 9.59 Å². The fraction of sp³-hybridized carbons (Fsp3) is 0.474.